The number of imidazole rings is 1. The maximum atomic E-state index is 12.9. The summed E-state index contributed by atoms with van der Waals surface area (Å²) in [5.74, 6) is -0.482. The number of aromatic nitrogens is 2. The Morgan fingerprint density at radius 3 is 2.67 bits per heavy atom. The van der Waals surface area contributed by atoms with Gasteiger partial charge in [0.25, 0.3) is 5.56 Å². The Labute approximate surface area is 164 Å². The summed E-state index contributed by atoms with van der Waals surface area (Å²) in [4.78, 5) is 28.4. The second-order valence-corrected chi connectivity index (χ2v) is 8.12. The zero-order valence-corrected chi connectivity index (χ0v) is 16.6. The number of hydrogen-bond donors (Lipinski definition) is 1. The van der Waals surface area contributed by atoms with Gasteiger partial charge in [0.05, 0.1) is 20.5 Å². The van der Waals surface area contributed by atoms with E-state index < -0.39 is 16.4 Å². The molecule has 136 valence electrons. The van der Waals surface area contributed by atoms with Crippen LogP contribution in [0.4, 0.5) is 5.69 Å². The molecule has 2 aromatic heterocycles. The minimum Gasteiger partial charge on any atom is -0.502 e. The highest BCUT2D eigenvalue weighted by atomic mass is 79.9. The van der Waals surface area contributed by atoms with Crippen molar-refractivity contribution < 1.29 is 10.0 Å². The van der Waals surface area contributed by atoms with Crippen LogP contribution in [0, 0.1) is 24.0 Å². The number of phenols is 1. The first-order chi connectivity index (χ1) is 12.8. The number of aryl methyl sites for hydroxylation is 2. The lowest BCUT2D eigenvalue weighted by Crippen LogP contribution is -2.22. The van der Waals surface area contributed by atoms with Gasteiger partial charge in [0.1, 0.15) is 0 Å². The molecule has 1 N–H and O–H groups in total. The molecule has 0 radical (unpaired) electrons. The number of nitro benzene ring substituents is 1. The smallest absolute Gasteiger partial charge is 0.312 e. The molecule has 0 unspecified atom stereocenters. The molecule has 7 nitrogen and oxygen atoms in total. The first-order valence-corrected chi connectivity index (χ1v) is 9.48. The van der Waals surface area contributed by atoms with Crippen molar-refractivity contribution in [3.8, 4) is 5.75 Å². The average Bonchev–Trinajstić information content (AvgIpc) is 3.07. The van der Waals surface area contributed by atoms with Crippen LogP contribution in [-0.2, 0) is 0 Å². The molecule has 0 saturated heterocycles. The molecule has 0 aliphatic rings. The van der Waals surface area contributed by atoms with E-state index in [-0.39, 0.29) is 11.1 Å². The first kappa shape index (κ1) is 17.6. The van der Waals surface area contributed by atoms with Gasteiger partial charge in [-0.05, 0) is 49.2 Å². The monoisotopic (exact) mass is 445 g/mol. The number of halogens is 1. The van der Waals surface area contributed by atoms with E-state index in [1.165, 1.54) is 33.9 Å². The van der Waals surface area contributed by atoms with E-state index in [1.807, 2.05) is 26.0 Å². The third-order valence-corrected chi connectivity index (χ3v) is 5.85. The van der Waals surface area contributed by atoms with Crippen LogP contribution in [0.2, 0.25) is 0 Å². The van der Waals surface area contributed by atoms with Crippen molar-refractivity contribution in [1.82, 2.24) is 9.38 Å². The minimum absolute atomic E-state index is 0.189. The summed E-state index contributed by atoms with van der Waals surface area (Å²) in [6.45, 7) is 3.96. The fourth-order valence-corrected chi connectivity index (χ4v) is 4.36. The van der Waals surface area contributed by atoms with Crippen molar-refractivity contribution in [3.05, 3.63) is 70.4 Å². The van der Waals surface area contributed by atoms with Crippen molar-refractivity contribution in [2.75, 3.05) is 0 Å². The number of hydrogen-bond acceptors (Lipinski definition) is 6. The zero-order valence-electron chi connectivity index (χ0n) is 14.2. The highest BCUT2D eigenvalue weighted by Crippen LogP contribution is 2.33. The highest BCUT2D eigenvalue weighted by molar-refractivity contribution is 9.10. The van der Waals surface area contributed by atoms with Gasteiger partial charge in [0, 0.05) is 16.1 Å². The van der Waals surface area contributed by atoms with Gasteiger partial charge in [-0.1, -0.05) is 27.3 Å². The summed E-state index contributed by atoms with van der Waals surface area (Å²) < 4.78 is 2.30. The van der Waals surface area contributed by atoms with Crippen molar-refractivity contribution in [2.24, 2.45) is 0 Å². The highest BCUT2D eigenvalue weighted by Gasteiger charge is 2.18. The van der Waals surface area contributed by atoms with Crippen molar-refractivity contribution in [1.29, 1.82) is 0 Å². The number of nitrogens with zero attached hydrogens (tertiary/aromatic N) is 3. The Bertz CT molecular complexity index is 1370. The lowest BCUT2D eigenvalue weighted by atomic mass is 10.1. The third kappa shape index (κ3) is 2.79. The second kappa shape index (κ2) is 6.14. The summed E-state index contributed by atoms with van der Waals surface area (Å²) in [5.41, 5.74) is 3.10. The van der Waals surface area contributed by atoms with E-state index >= 15 is 0 Å². The van der Waals surface area contributed by atoms with Crippen LogP contribution in [0.3, 0.4) is 0 Å². The predicted molar refractivity (Wildman–Crippen MR) is 108 cm³/mol. The van der Waals surface area contributed by atoms with Gasteiger partial charge < -0.3 is 5.11 Å². The van der Waals surface area contributed by atoms with Crippen LogP contribution in [0.5, 0.6) is 5.75 Å². The summed E-state index contributed by atoms with van der Waals surface area (Å²) in [5, 5.41) is 21.3. The molecule has 4 aromatic rings. The van der Waals surface area contributed by atoms with Crippen LogP contribution in [0.25, 0.3) is 22.1 Å². The van der Waals surface area contributed by atoms with Crippen LogP contribution in [0.15, 0.2) is 33.5 Å². The molecule has 0 saturated carbocycles. The van der Waals surface area contributed by atoms with E-state index in [4.69, 9.17) is 0 Å². The van der Waals surface area contributed by atoms with Gasteiger partial charge in [-0.25, -0.2) is 9.38 Å². The number of benzene rings is 2. The molecule has 0 aliphatic heterocycles. The van der Waals surface area contributed by atoms with Gasteiger partial charge in [-0.15, -0.1) is 0 Å². The molecule has 0 bridgehead atoms. The molecule has 2 aromatic carbocycles. The summed E-state index contributed by atoms with van der Waals surface area (Å²) in [6, 6.07) is 6.60. The molecule has 4 rings (SSSR count). The quantitative estimate of drug-likeness (QED) is 0.376. The zero-order chi connectivity index (χ0) is 19.5. The van der Waals surface area contributed by atoms with Crippen LogP contribution in [0.1, 0.15) is 16.7 Å². The summed E-state index contributed by atoms with van der Waals surface area (Å²) >= 11 is 4.37. The van der Waals surface area contributed by atoms with Gasteiger partial charge in [0.15, 0.2) is 4.96 Å². The molecule has 0 amide bonds. The number of fused-ring (bicyclic) bond motifs is 3. The van der Waals surface area contributed by atoms with Gasteiger partial charge in [-0.3, -0.25) is 14.9 Å². The number of rotatable bonds is 2. The topological polar surface area (TPSA) is 97.7 Å². The van der Waals surface area contributed by atoms with Crippen molar-refractivity contribution in [3.63, 3.8) is 0 Å². The average molecular weight is 446 g/mol. The fraction of sp³-hybridized carbons (Fsp3) is 0.111. The lowest BCUT2D eigenvalue weighted by molar-refractivity contribution is -0.385. The Morgan fingerprint density at radius 1 is 1.26 bits per heavy atom. The van der Waals surface area contributed by atoms with E-state index in [0.29, 0.717) is 14.0 Å². The Kier molecular flexibility index (Phi) is 4.01. The lowest BCUT2D eigenvalue weighted by Gasteiger charge is -2.01. The molecule has 2 heterocycles. The summed E-state index contributed by atoms with van der Waals surface area (Å²) in [7, 11) is 0. The van der Waals surface area contributed by atoms with Crippen LogP contribution < -0.4 is 10.1 Å². The molecule has 0 aliphatic carbocycles. The molecule has 0 fully saturated rings. The first-order valence-electron chi connectivity index (χ1n) is 7.87. The standard InChI is InChI=1S/C18H12BrN3O4S/c1-8-3-12-13(4-9(8)2)21-17(24)15(27-18(21)20-12)6-10-5-11(19)7-14(16(10)23)22(25)26/h3-7,23H,1-2H3. The van der Waals surface area contributed by atoms with Gasteiger partial charge in [-0.2, -0.15) is 0 Å². The molecule has 0 spiro atoms. The number of aromatic hydroxyl groups is 1. The Morgan fingerprint density at radius 2 is 1.96 bits per heavy atom. The van der Waals surface area contributed by atoms with Crippen molar-refractivity contribution >= 4 is 55.0 Å². The second-order valence-electron chi connectivity index (χ2n) is 6.19. The van der Waals surface area contributed by atoms with E-state index in [0.717, 1.165) is 22.2 Å². The largest absolute Gasteiger partial charge is 0.502 e. The fourth-order valence-electron chi connectivity index (χ4n) is 2.91. The van der Waals surface area contributed by atoms with E-state index in [1.54, 1.807) is 0 Å². The van der Waals surface area contributed by atoms with Crippen molar-refractivity contribution in [2.45, 2.75) is 13.8 Å². The van der Waals surface area contributed by atoms with Crippen LogP contribution in [-0.4, -0.2) is 19.4 Å². The number of nitro groups is 1. The molecule has 0 atom stereocenters. The molecule has 27 heavy (non-hydrogen) atoms. The normalized spacial score (nSPS) is 12.3. The predicted octanol–water partition coefficient (Wildman–Crippen LogP) is 3.45. The Hall–Kier alpha value is -2.78. The molecular formula is C18H12BrN3O4S. The van der Waals surface area contributed by atoms with Gasteiger partial charge in [0.2, 0.25) is 5.75 Å². The molecule has 9 heteroatoms. The van der Waals surface area contributed by atoms with E-state index in [9.17, 15) is 20.0 Å². The Balaban J connectivity index is 2.01. The van der Waals surface area contributed by atoms with E-state index in [2.05, 4.69) is 20.9 Å². The SMILES string of the molecule is Cc1cc2nc3sc(=Cc4cc(Br)cc([N+](=O)[O-])c4O)c(=O)n3c2cc1C. The maximum absolute atomic E-state index is 12.9. The summed E-state index contributed by atoms with van der Waals surface area (Å²) in [6.07, 6.45) is 1.45. The third-order valence-electron chi connectivity index (χ3n) is 4.42. The van der Waals surface area contributed by atoms with Gasteiger partial charge >= 0.3 is 5.69 Å². The number of phenolic OH excluding ortho intramolecular Hbond substituents is 1. The minimum atomic E-state index is -0.671. The maximum Gasteiger partial charge on any atom is 0.312 e. The molecular weight excluding hydrogens is 434 g/mol. The number of thiazole rings is 1. The van der Waals surface area contributed by atoms with Crippen LogP contribution >= 0.6 is 27.3 Å².